The Morgan fingerprint density at radius 3 is 2.43 bits per heavy atom. The van der Waals surface area contributed by atoms with E-state index >= 15 is 0 Å². The number of nitrogens with zero attached hydrogens (tertiary/aromatic N) is 3. The minimum atomic E-state index is -4.70. The number of fused-ring (bicyclic) bond motifs is 2. The molecule has 28 heavy (non-hydrogen) atoms. The first-order valence-corrected chi connectivity index (χ1v) is 9.38. The van der Waals surface area contributed by atoms with Crippen molar-refractivity contribution < 1.29 is 42.5 Å². The summed E-state index contributed by atoms with van der Waals surface area (Å²) in [5, 5.41) is 9.81. The monoisotopic (exact) mass is 400 g/mol. The van der Waals surface area contributed by atoms with Gasteiger partial charge < -0.3 is 10.3 Å². The molecule has 0 saturated heterocycles. The van der Waals surface area contributed by atoms with Gasteiger partial charge in [-0.05, 0) is 30.3 Å². The first kappa shape index (κ1) is 20.4. The molecule has 2 N–H and O–H groups in total. The Hall–Kier alpha value is -2.36. The van der Waals surface area contributed by atoms with Crippen LogP contribution in [0, 0.1) is 0 Å². The molecule has 0 bridgehead atoms. The minimum absolute atomic E-state index is 0. The molecule has 0 aliphatic carbocycles. The zero-order valence-corrected chi connectivity index (χ0v) is 17.7. The van der Waals surface area contributed by atoms with Crippen LogP contribution in [0.4, 0.5) is 17.1 Å². The fourth-order valence-corrected chi connectivity index (χ4v) is 3.58. The smallest absolute Gasteiger partial charge is 0.744 e. The zero-order valence-electron chi connectivity index (χ0n) is 14.9. The summed E-state index contributed by atoms with van der Waals surface area (Å²) in [5.74, 6) is 0. The molecule has 7 nitrogen and oxygen atoms in total. The Bertz CT molecular complexity index is 1320. The van der Waals surface area contributed by atoms with Gasteiger partial charge in [-0.25, -0.2) is 8.42 Å². The normalized spacial score (nSPS) is 11.8. The molecule has 0 unspecified atom stereocenters. The summed E-state index contributed by atoms with van der Waals surface area (Å²) in [6.45, 7) is 0. The van der Waals surface area contributed by atoms with Crippen molar-refractivity contribution in [2.45, 2.75) is 4.90 Å². The summed E-state index contributed by atoms with van der Waals surface area (Å²) >= 11 is 0. The molecule has 0 fully saturated rings. The Morgan fingerprint density at radius 2 is 1.68 bits per heavy atom. The number of hydrogen-bond donors (Lipinski definition) is 1. The third-order valence-corrected chi connectivity index (χ3v) is 5.03. The molecule has 4 aromatic rings. The van der Waals surface area contributed by atoms with Gasteiger partial charge >= 0.3 is 29.6 Å². The van der Waals surface area contributed by atoms with Gasteiger partial charge in [0.2, 0.25) is 0 Å². The van der Waals surface area contributed by atoms with Crippen LogP contribution >= 0.6 is 0 Å². The van der Waals surface area contributed by atoms with Gasteiger partial charge in [-0.3, -0.25) is 4.98 Å². The van der Waals surface area contributed by atoms with Gasteiger partial charge in [0.15, 0.2) is 0 Å². The zero-order chi connectivity index (χ0) is 19.0. The third-order valence-electron chi connectivity index (χ3n) is 4.16. The maximum atomic E-state index is 11.7. The van der Waals surface area contributed by atoms with Crippen LogP contribution in [0.1, 0.15) is 0 Å². The van der Waals surface area contributed by atoms with Gasteiger partial charge in [0, 0.05) is 22.4 Å². The maximum absolute atomic E-state index is 11.7. The number of aromatic nitrogens is 1. The average molecular weight is 400 g/mol. The molecule has 0 spiro atoms. The molecule has 0 saturated carbocycles. The van der Waals surface area contributed by atoms with Crippen LogP contribution in [-0.2, 0) is 10.1 Å². The number of anilines is 1. The topological polar surface area (TPSA) is 121 Å². The summed E-state index contributed by atoms with van der Waals surface area (Å²) in [6.07, 6.45) is 1.70. The Labute approximate surface area is 183 Å². The first-order valence-electron chi connectivity index (χ1n) is 7.97. The third kappa shape index (κ3) is 3.91. The van der Waals surface area contributed by atoms with E-state index in [9.17, 15) is 13.0 Å². The molecular formula is C19H13N4NaO3S. The number of benzene rings is 3. The van der Waals surface area contributed by atoms with Crippen molar-refractivity contribution in [2.24, 2.45) is 10.2 Å². The van der Waals surface area contributed by atoms with E-state index in [0.29, 0.717) is 11.1 Å². The second kappa shape index (κ2) is 7.94. The van der Waals surface area contributed by atoms with Crippen LogP contribution in [0.5, 0.6) is 0 Å². The summed E-state index contributed by atoms with van der Waals surface area (Å²) in [4.78, 5) is 3.86. The standard InChI is InChI=1S/C19H14N4O3S.Na/c20-19-15-6-2-1-5-14(15)18(27(24,25)26)11-17(19)23-22-13-7-8-16-12(10-13)4-3-9-21-16;/h1-11H,20H2,(H,24,25,26);/q;+1/p-1. The first-order chi connectivity index (χ1) is 12.9. The number of nitrogen functional groups attached to an aromatic ring is 1. The fourth-order valence-electron chi connectivity index (χ4n) is 2.88. The van der Waals surface area contributed by atoms with E-state index in [1.165, 1.54) is 6.07 Å². The Morgan fingerprint density at radius 1 is 0.929 bits per heavy atom. The molecule has 4 rings (SSSR count). The number of rotatable bonds is 3. The average Bonchev–Trinajstić information content (AvgIpc) is 2.66. The van der Waals surface area contributed by atoms with Crippen molar-refractivity contribution in [1.29, 1.82) is 0 Å². The van der Waals surface area contributed by atoms with Gasteiger partial charge in [-0.1, -0.05) is 30.3 Å². The van der Waals surface area contributed by atoms with E-state index in [4.69, 9.17) is 5.73 Å². The summed E-state index contributed by atoms with van der Waals surface area (Å²) < 4.78 is 35.0. The van der Waals surface area contributed by atoms with Gasteiger partial charge in [0.25, 0.3) is 0 Å². The van der Waals surface area contributed by atoms with Gasteiger partial charge in [0.05, 0.1) is 21.8 Å². The van der Waals surface area contributed by atoms with E-state index in [1.807, 2.05) is 12.1 Å². The van der Waals surface area contributed by atoms with Crippen LogP contribution in [0.15, 0.2) is 82.0 Å². The van der Waals surface area contributed by atoms with Crippen LogP contribution in [0.3, 0.4) is 0 Å². The van der Waals surface area contributed by atoms with Gasteiger partial charge in [-0.15, -0.1) is 5.11 Å². The predicted octanol–water partition coefficient (Wildman–Crippen LogP) is 1.29. The molecule has 134 valence electrons. The molecule has 0 amide bonds. The predicted molar refractivity (Wildman–Crippen MR) is 102 cm³/mol. The SMILES string of the molecule is Nc1c(N=Nc2ccc3ncccc3c2)cc(S(=O)(=O)[O-])c2ccccc12.[Na+]. The van der Waals surface area contributed by atoms with Crippen molar-refractivity contribution in [3.63, 3.8) is 0 Å². The number of azo groups is 1. The molecule has 0 atom stereocenters. The van der Waals surface area contributed by atoms with Crippen LogP contribution in [-0.4, -0.2) is 18.0 Å². The number of pyridine rings is 1. The number of nitrogens with two attached hydrogens (primary N) is 1. The van der Waals surface area contributed by atoms with E-state index in [0.717, 1.165) is 17.0 Å². The molecular weight excluding hydrogens is 387 g/mol. The van der Waals surface area contributed by atoms with E-state index in [-0.39, 0.29) is 51.2 Å². The Balaban J connectivity index is 0.00000225. The Kier molecular flexibility index (Phi) is 5.78. The van der Waals surface area contributed by atoms with E-state index in [2.05, 4.69) is 15.2 Å². The summed E-state index contributed by atoms with van der Waals surface area (Å²) in [7, 11) is -4.70. The molecule has 1 aromatic heterocycles. The molecule has 3 aromatic carbocycles. The van der Waals surface area contributed by atoms with Crippen LogP contribution in [0.25, 0.3) is 21.7 Å². The van der Waals surface area contributed by atoms with E-state index in [1.54, 1.807) is 42.6 Å². The van der Waals surface area contributed by atoms with Gasteiger partial charge in [-0.2, -0.15) is 5.11 Å². The summed E-state index contributed by atoms with van der Waals surface area (Å²) in [6, 6.07) is 16.7. The van der Waals surface area contributed by atoms with Crippen LogP contribution < -0.4 is 35.3 Å². The molecule has 0 radical (unpaired) electrons. The molecule has 0 aliphatic rings. The van der Waals surface area contributed by atoms with Gasteiger partial charge in [0.1, 0.15) is 15.8 Å². The quantitative estimate of drug-likeness (QED) is 0.240. The molecule has 0 aliphatic heterocycles. The van der Waals surface area contributed by atoms with Crippen molar-refractivity contribution >= 4 is 48.9 Å². The molecule has 1 heterocycles. The fraction of sp³-hybridized carbons (Fsp3) is 0. The second-order valence-corrected chi connectivity index (χ2v) is 7.24. The van der Waals surface area contributed by atoms with Crippen LogP contribution in [0.2, 0.25) is 0 Å². The number of hydrogen-bond acceptors (Lipinski definition) is 7. The van der Waals surface area contributed by atoms with E-state index < -0.39 is 10.1 Å². The van der Waals surface area contributed by atoms with Crippen molar-refractivity contribution in [3.8, 4) is 0 Å². The van der Waals surface area contributed by atoms with Crippen molar-refractivity contribution in [1.82, 2.24) is 4.98 Å². The maximum Gasteiger partial charge on any atom is 1.00 e. The summed E-state index contributed by atoms with van der Waals surface area (Å²) in [5.41, 5.74) is 7.87. The van der Waals surface area contributed by atoms with Crippen molar-refractivity contribution in [2.75, 3.05) is 5.73 Å². The molecule has 9 heteroatoms. The largest absolute Gasteiger partial charge is 1.00 e. The minimum Gasteiger partial charge on any atom is -0.744 e. The van der Waals surface area contributed by atoms with Crippen molar-refractivity contribution in [3.05, 3.63) is 66.9 Å². The second-order valence-electron chi connectivity index (χ2n) is 5.89.